The molecule has 0 aliphatic carbocycles. The number of imidazole rings is 1. The lowest BCUT2D eigenvalue weighted by atomic mass is 9.90. The molecule has 3 aromatic carbocycles. The Labute approximate surface area is 251 Å². The maximum atomic E-state index is 12.8. The number of fused-ring (bicyclic) bond motifs is 1. The number of alkyl halides is 3. The molecule has 2 aliphatic heterocycles. The van der Waals surface area contributed by atoms with Crippen LogP contribution < -0.4 is 19.1 Å². The van der Waals surface area contributed by atoms with Gasteiger partial charge in [-0.1, -0.05) is 12.1 Å². The van der Waals surface area contributed by atoms with Crippen molar-refractivity contribution < 1.29 is 32.3 Å². The van der Waals surface area contributed by atoms with Crippen LogP contribution in [0.5, 0.6) is 23.3 Å². The highest BCUT2D eigenvalue weighted by molar-refractivity contribution is 5.49. The fourth-order valence-electron chi connectivity index (χ4n) is 5.55. The summed E-state index contributed by atoms with van der Waals surface area (Å²) >= 11 is 0. The molecule has 0 spiro atoms. The molecule has 0 N–H and O–H groups in total. The average Bonchev–Trinajstić information content (AvgIpc) is 3.46. The first kappa shape index (κ1) is 29.3. The van der Waals surface area contributed by atoms with Crippen LogP contribution in [-0.2, 0) is 19.1 Å². The van der Waals surface area contributed by atoms with Gasteiger partial charge >= 0.3 is 18.0 Å². The largest absolute Gasteiger partial charge is 0.490 e. The van der Waals surface area contributed by atoms with Crippen LogP contribution in [0, 0.1) is 16.0 Å². The predicted octanol–water partition coefficient (Wildman–Crippen LogP) is 7.29. The number of rotatable bonds is 9. The van der Waals surface area contributed by atoms with E-state index in [4.69, 9.17) is 14.2 Å². The summed E-state index contributed by atoms with van der Waals surface area (Å²) < 4.78 is 57.4. The summed E-state index contributed by atoms with van der Waals surface area (Å²) in [6, 6.07) is 20.7. The highest BCUT2D eigenvalue weighted by atomic mass is 19.4. The maximum absolute atomic E-state index is 12.8. The fraction of sp³-hybridized carbons (Fsp3) is 0.344. The second kappa shape index (κ2) is 12.5. The third-order valence-corrected chi connectivity index (χ3v) is 8.00. The lowest BCUT2D eigenvalue weighted by Crippen LogP contribution is -2.34. The zero-order valence-corrected chi connectivity index (χ0v) is 23.8. The van der Waals surface area contributed by atoms with E-state index in [1.54, 1.807) is 4.57 Å². The van der Waals surface area contributed by atoms with Crippen LogP contribution >= 0.6 is 0 Å². The number of ether oxygens (including phenoxy) is 3. The SMILES string of the molecule is O=[N+]([O-])c1cn2c(n1)O[C@H](COc1ccc(N3CCC(Cc4ccc(Oc5ccc(C(F)(F)F)cc5)cc4)CC3)cc1)CC2. The Bertz CT molecular complexity index is 1570. The van der Waals surface area contributed by atoms with Gasteiger partial charge < -0.3 is 29.2 Å². The van der Waals surface area contributed by atoms with Gasteiger partial charge in [-0.2, -0.15) is 13.2 Å². The highest BCUT2D eigenvalue weighted by Gasteiger charge is 2.30. The van der Waals surface area contributed by atoms with Crippen molar-refractivity contribution in [1.82, 2.24) is 9.55 Å². The van der Waals surface area contributed by atoms with Crippen molar-refractivity contribution in [2.75, 3.05) is 24.6 Å². The number of nitro groups is 1. The van der Waals surface area contributed by atoms with Crippen molar-refractivity contribution >= 4 is 11.5 Å². The van der Waals surface area contributed by atoms with Crippen LogP contribution in [0.2, 0.25) is 0 Å². The van der Waals surface area contributed by atoms with E-state index in [1.807, 2.05) is 36.4 Å². The van der Waals surface area contributed by atoms with E-state index in [-0.39, 0.29) is 17.9 Å². The number of aryl methyl sites for hydroxylation is 1. The van der Waals surface area contributed by atoms with Crippen LogP contribution in [-0.4, -0.2) is 40.3 Å². The van der Waals surface area contributed by atoms with Crippen molar-refractivity contribution in [2.24, 2.45) is 5.92 Å². The minimum Gasteiger partial charge on any atom is -0.490 e. The Kier molecular flexibility index (Phi) is 8.32. The third kappa shape index (κ3) is 7.07. The van der Waals surface area contributed by atoms with E-state index in [2.05, 4.69) is 22.0 Å². The summed E-state index contributed by atoms with van der Waals surface area (Å²) in [6.45, 7) is 2.82. The Hall–Kier alpha value is -4.74. The predicted molar refractivity (Wildman–Crippen MR) is 156 cm³/mol. The maximum Gasteiger partial charge on any atom is 0.416 e. The molecule has 1 fully saturated rings. The standard InChI is InChI=1S/C32H31F3N4O5/c33-32(34,35)24-3-9-28(10-4-24)43-27-7-1-22(2-8-27)19-23-13-16-37(17-14-23)25-5-11-26(12-6-25)42-21-29-15-18-38-20-30(39(40)41)36-31(38)44-29/h1-12,20,23,29H,13-19,21H2/t29-/m0/s1. The summed E-state index contributed by atoms with van der Waals surface area (Å²) in [5.41, 5.74) is 1.64. The van der Waals surface area contributed by atoms with Crippen molar-refractivity contribution in [3.05, 3.63) is 100 Å². The molecule has 0 amide bonds. The zero-order valence-electron chi connectivity index (χ0n) is 23.8. The molecule has 6 rings (SSSR count). The molecular weight excluding hydrogens is 577 g/mol. The summed E-state index contributed by atoms with van der Waals surface area (Å²) in [5, 5.41) is 10.9. The number of piperidine rings is 1. The summed E-state index contributed by atoms with van der Waals surface area (Å²) in [5.74, 6) is 2.02. The van der Waals surface area contributed by atoms with Gasteiger partial charge in [-0.15, -0.1) is 0 Å². The van der Waals surface area contributed by atoms with Crippen LogP contribution in [0.3, 0.4) is 0 Å². The molecule has 0 unspecified atom stereocenters. The average molecular weight is 609 g/mol. The molecule has 2 aliphatic rings. The molecule has 44 heavy (non-hydrogen) atoms. The van der Waals surface area contributed by atoms with E-state index >= 15 is 0 Å². The second-order valence-corrected chi connectivity index (χ2v) is 11.1. The Morgan fingerprint density at radius 3 is 2.16 bits per heavy atom. The molecule has 0 radical (unpaired) electrons. The second-order valence-electron chi connectivity index (χ2n) is 11.1. The quantitative estimate of drug-likeness (QED) is 0.146. The lowest BCUT2D eigenvalue weighted by Gasteiger charge is -2.34. The number of hydrogen-bond acceptors (Lipinski definition) is 7. The van der Waals surface area contributed by atoms with Gasteiger partial charge in [0.25, 0.3) is 0 Å². The minimum absolute atomic E-state index is 0.220. The highest BCUT2D eigenvalue weighted by Crippen LogP contribution is 2.32. The molecule has 4 aromatic rings. The molecule has 0 saturated carbocycles. The molecule has 1 atom stereocenters. The molecule has 1 saturated heterocycles. The topological polar surface area (TPSA) is 91.9 Å². The summed E-state index contributed by atoms with van der Waals surface area (Å²) in [6.07, 6.45) is 0.548. The molecule has 1 aromatic heterocycles. The fourth-order valence-corrected chi connectivity index (χ4v) is 5.55. The van der Waals surface area contributed by atoms with Crippen molar-refractivity contribution in [2.45, 2.75) is 44.5 Å². The van der Waals surface area contributed by atoms with Gasteiger partial charge in [-0.05, 0) is 96.3 Å². The van der Waals surface area contributed by atoms with Gasteiger partial charge in [0.1, 0.15) is 36.2 Å². The lowest BCUT2D eigenvalue weighted by molar-refractivity contribution is -0.389. The van der Waals surface area contributed by atoms with Crippen LogP contribution in [0.15, 0.2) is 79.0 Å². The van der Waals surface area contributed by atoms with Crippen molar-refractivity contribution in [1.29, 1.82) is 0 Å². The smallest absolute Gasteiger partial charge is 0.416 e. The van der Waals surface area contributed by atoms with Gasteiger partial charge in [0.15, 0.2) is 0 Å². The number of benzene rings is 3. The van der Waals surface area contributed by atoms with Crippen molar-refractivity contribution in [3.63, 3.8) is 0 Å². The monoisotopic (exact) mass is 608 g/mol. The van der Waals surface area contributed by atoms with Crippen molar-refractivity contribution in [3.8, 4) is 23.3 Å². The van der Waals surface area contributed by atoms with Gasteiger partial charge in [0.05, 0.1) is 5.56 Å². The van der Waals surface area contributed by atoms with Gasteiger partial charge in [-0.25, -0.2) is 0 Å². The first-order valence-corrected chi connectivity index (χ1v) is 14.5. The Balaban J connectivity index is 0.933. The van der Waals surface area contributed by atoms with Crippen LogP contribution in [0.25, 0.3) is 0 Å². The van der Waals surface area contributed by atoms with Crippen LogP contribution in [0.1, 0.15) is 30.4 Å². The normalized spacial score (nSPS) is 17.1. The Morgan fingerprint density at radius 2 is 1.52 bits per heavy atom. The van der Waals surface area contributed by atoms with Crippen LogP contribution in [0.4, 0.5) is 24.7 Å². The van der Waals surface area contributed by atoms with E-state index in [1.165, 1.54) is 23.9 Å². The molecule has 9 nitrogen and oxygen atoms in total. The molecular formula is C32H31F3N4O5. The number of anilines is 1. The molecule has 0 bridgehead atoms. The van der Waals surface area contributed by atoms with Gasteiger partial charge in [-0.3, -0.25) is 4.57 Å². The molecule has 3 heterocycles. The number of nitrogens with zero attached hydrogens (tertiary/aromatic N) is 4. The van der Waals surface area contributed by atoms with Gasteiger partial charge in [0, 0.05) is 36.7 Å². The zero-order chi connectivity index (χ0) is 30.7. The number of hydrogen-bond donors (Lipinski definition) is 0. The third-order valence-electron chi connectivity index (χ3n) is 8.00. The molecule has 230 valence electrons. The minimum atomic E-state index is -4.37. The Morgan fingerprint density at radius 1 is 0.886 bits per heavy atom. The number of aromatic nitrogens is 2. The van der Waals surface area contributed by atoms with E-state index in [0.717, 1.165) is 55.9 Å². The summed E-state index contributed by atoms with van der Waals surface area (Å²) in [7, 11) is 0. The first-order chi connectivity index (χ1) is 21.2. The first-order valence-electron chi connectivity index (χ1n) is 14.5. The van der Waals surface area contributed by atoms with E-state index < -0.39 is 16.7 Å². The van der Waals surface area contributed by atoms with E-state index in [9.17, 15) is 23.3 Å². The molecule has 12 heteroatoms. The van der Waals surface area contributed by atoms with Gasteiger partial charge in [0.2, 0.25) is 0 Å². The van der Waals surface area contributed by atoms with E-state index in [0.29, 0.717) is 37.0 Å². The summed E-state index contributed by atoms with van der Waals surface area (Å²) in [4.78, 5) is 16.7. The number of halogens is 3.